The zero-order valence-corrected chi connectivity index (χ0v) is 20.0. The van der Waals surface area contributed by atoms with Crippen molar-refractivity contribution in [2.75, 3.05) is 37.6 Å². The summed E-state index contributed by atoms with van der Waals surface area (Å²) in [4.78, 5) is 27.6. The topological polar surface area (TPSA) is 54.3 Å². The molecule has 6 heteroatoms. The molecule has 6 nitrogen and oxygen atoms in total. The lowest BCUT2D eigenvalue weighted by Gasteiger charge is -2.35. The van der Waals surface area contributed by atoms with Gasteiger partial charge in [0.1, 0.15) is 17.4 Å². The van der Waals surface area contributed by atoms with E-state index in [4.69, 9.17) is 4.98 Å². The maximum absolute atomic E-state index is 13.2. The lowest BCUT2D eigenvalue weighted by atomic mass is 9.98. The zero-order valence-electron chi connectivity index (χ0n) is 20.0. The number of carbonyl (C=O) groups is 1. The van der Waals surface area contributed by atoms with E-state index in [1.165, 1.54) is 11.3 Å². The van der Waals surface area contributed by atoms with Gasteiger partial charge in [0.25, 0.3) is 0 Å². The van der Waals surface area contributed by atoms with Gasteiger partial charge in [0, 0.05) is 51.4 Å². The lowest BCUT2D eigenvalue weighted by molar-refractivity contribution is 0.0968. The molecule has 0 saturated carbocycles. The lowest BCUT2D eigenvalue weighted by Crippen LogP contribution is -2.47. The van der Waals surface area contributed by atoms with Crippen LogP contribution in [0.3, 0.4) is 0 Å². The predicted octanol–water partition coefficient (Wildman–Crippen LogP) is 4.36. The molecule has 0 bridgehead atoms. The Kier molecular flexibility index (Phi) is 6.45. The number of hydrogen-bond donors (Lipinski definition) is 0. The van der Waals surface area contributed by atoms with Crippen LogP contribution >= 0.6 is 0 Å². The van der Waals surface area contributed by atoms with Crippen molar-refractivity contribution in [2.24, 2.45) is 5.92 Å². The number of rotatable bonds is 7. The first-order valence-corrected chi connectivity index (χ1v) is 12.5. The Morgan fingerprint density at radius 2 is 1.79 bits per heavy atom. The van der Waals surface area contributed by atoms with Gasteiger partial charge < -0.3 is 9.47 Å². The van der Waals surface area contributed by atoms with Gasteiger partial charge in [-0.3, -0.25) is 9.69 Å². The van der Waals surface area contributed by atoms with Crippen LogP contribution in [-0.2, 0) is 19.4 Å². The molecule has 0 aliphatic carbocycles. The number of aryl methyl sites for hydroxylation is 1. The summed E-state index contributed by atoms with van der Waals surface area (Å²) in [6.07, 6.45) is 6.58. The molecule has 0 amide bonds. The average Bonchev–Trinajstić information content (AvgIpc) is 3.18. The van der Waals surface area contributed by atoms with Crippen LogP contribution in [0, 0.1) is 5.92 Å². The van der Waals surface area contributed by atoms with Crippen molar-refractivity contribution in [1.29, 1.82) is 0 Å². The summed E-state index contributed by atoms with van der Waals surface area (Å²) in [5.41, 5.74) is 5.40. The van der Waals surface area contributed by atoms with E-state index in [9.17, 15) is 4.79 Å². The van der Waals surface area contributed by atoms with Crippen molar-refractivity contribution in [1.82, 2.24) is 19.4 Å². The molecule has 0 N–H and O–H groups in total. The van der Waals surface area contributed by atoms with Gasteiger partial charge in [-0.25, -0.2) is 9.97 Å². The highest BCUT2D eigenvalue weighted by Crippen LogP contribution is 2.35. The minimum absolute atomic E-state index is 0.237. The predicted molar refractivity (Wildman–Crippen MR) is 133 cm³/mol. The van der Waals surface area contributed by atoms with Crippen LogP contribution < -0.4 is 4.90 Å². The van der Waals surface area contributed by atoms with Crippen molar-refractivity contribution in [3.8, 4) is 0 Å². The summed E-state index contributed by atoms with van der Waals surface area (Å²) >= 11 is 0. The Morgan fingerprint density at radius 1 is 1.00 bits per heavy atom. The number of anilines is 1. The van der Waals surface area contributed by atoms with Crippen LogP contribution in [0.15, 0.2) is 36.7 Å². The molecule has 174 valence electrons. The number of piperazine rings is 1. The molecule has 4 heterocycles. The highest BCUT2D eigenvalue weighted by atomic mass is 16.1. The second-order valence-electron chi connectivity index (χ2n) is 9.91. The standard InChI is InChI=1S/C27H35N5O/c1-20(2)18-23(33)24-22-10-6-7-12-32(22)26-25(24)28-19-29-27(26)31-16-14-30(15-17-31)13-11-21-8-4-3-5-9-21/h3-5,8-9,19-20H,6-7,10-18H2,1-2H3. The molecule has 1 saturated heterocycles. The molecule has 1 fully saturated rings. The molecule has 0 radical (unpaired) electrons. The fourth-order valence-corrected chi connectivity index (χ4v) is 5.39. The fourth-order valence-electron chi connectivity index (χ4n) is 5.39. The summed E-state index contributed by atoms with van der Waals surface area (Å²) in [5.74, 6) is 1.59. The van der Waals surface area contributed by atoms with E-state index in [-0.39, 0.29) is 5.78 Å². The van der Waals surface area contributed by atoms with Gasteiger partial charge in [-0.05, 0) is 37.2 Å². The quantitative estimate of drug-likeness (QED) is 0.506. The zero-order chi connectivity index (χ0) is 22.8. The Labute approximate surface area is 196 Å². The summed E-state index contributed by atoms with van der Waals surface area (Å²) in [6, 6.07) is 10.7. The molecule has 2 aromatic heterocycles. The first kappa shape index (κ1) is 22.1. The second kappa shape index (κ2) is 9.64. The molecule has 0 spiro atoms. The number of nitrogens with zero attached hydrogens (tertiary/aromatic N) is 5. The largest absolute Gasteiger partial charge is 0.352 e. The van der Waals surface area contributed by atoms with Crippen LogP contribution in [0.1, 0.15) is 54.7 Å². The number of hydrogen-bond acceptors (Lipinski definition) is 5. The van der Waals surface area contributed by atoms with Gasteiger partial charge >= 0.3 is 0 Å². The molecule has 1 aromatic carbocycles. The summed E-state index contributed by atoms with van der Waals surface area (Å²) < 4.78 is 2.36. The molecule has 2 aliphatic heterocycles. The van der Waals surface area contributed by atoms with E-state index >= 15 is 0 Å². The van der Waals surface area contributed by atoms with Crippen molar-refractivity contribution >= 4 is 22.6 Å². The smallest absolute Gasteiger partial charge is 0.167 e. The van der Waals surface area contributed by atoms with E-state index in [1.54, 1.807) is 6.33 Å². The van der Waals surface area contributed by atoms with Crippen molar-refractivity contribution in [3.05, 3.63) is 53.5 Å². The maximum Gasteiger partial charge on any atom is 0.167 e. The van der Waals surface area contributed by atoms with Crippen LogP contribution in [0.2, 0.25) is 0 Å². The van der Waals surface area contributed by atoms with E-state index in [1.807, 2.05) is 0 Å². The van der Waals surface area contributed by atoms with Crippen molar-refractivity contribution < 1.29 is 4.79 Å². The third kappa shape index (κ3) is 4.54. The first-order chi connectivity index (χ1) is 16.1. The van der Waals surface area contributed by atoms with Crippen LogP contribution in [0.25, 0.3) is 11.0 Å². The number of benzene rings is 1. The Hall–Kier alpha value is -2.73. The van der Waals surface area contributed by atoms with Gasteiger partial charge in [-0.1, -0.05) is 44.2 Å². The monoisotopic (exact) mass is 445 g/mol. The van der Waals surface area contributed by atoms with Crippen LogP contribution in [-0.4, -0.2) is 57.9 Å². The summed E-state index contributed by atoms with van der Waals surface area (Å²) in [7, 11) is 0. The summed E-state index contributed by atoms with van der Waals surface area (Å²) in [6.45, 7) is 10.2. The minimum atomic E-state index is 0.237. The Morgan fingerprint density at radius 3 is 2.55 bits per heavy atom. The van der Waals surface area contributed by atoms with E-state index < -0.39 is 0 Å². The highest BCUT2D eigenvalue weighted by Gasteiger charge is 2.29. The number of Topliss-reactive ketones (excluding diaryl/α,β-unsaturated/α-hetero) is 1. The highest BCUT2D eigenvalue weighted by molar-refractivity contribution is 6.10. The SMILES string of the molecule is CC(C)CC(=O)c1c2n(c3c(N4CCN(CCc5ccccc5)CC4)ncnc13)CCCC2. The normalized spacial score (nSPS) is 17.0. The number of fused-ring (bicyclic) bond motifs is 3. The molecular formula is C27H35N5O. The van der Waals surface area contributed by atoms with Gasteiger partial charge in [0.05, 0.1) is 5.56 Å². The Bertz CT molecular complexity index is 1110. The number of aromatic nitrogens is 3. The Balaban J connectivity index is 1.38. The second-order valence-corrected chi connectivity index (χ2v) is 9.91. The molecule has 5 rings (SSSR count). The molecule has 33 heavy (non-hydrogen) atoms. The molecule has 0 unspecified atom stereocenters. The molecule has 3 aromatic rings. The van der Waals surface area contributed by atoms with Crippen LogP contribution in [0.4, 0.5) is 5.82 Å². The van der Waals surface area contributed by atoms with Gasteiger partial charge in [-0.15, -0.1) is 0 Å². The van der Waals surface area contributed by atoms with Gasteiger partial charge in [0.2, 0.25) is 0 Å². The minimum Gasteiger partial charge on any atom is -0.352 e. The molecule has 2 aliphatic rings. The van der Waals surface area contributed by atoms with Crippen molar-refractivity contribution in [3.63, 3.8) is 0 Å². The first-order valence-electron chi connectivity index (χ1n) is 12.5. The average molecular weight is 446 g/mol. The van der Waals surface area contributed by atoms with Crippen molar-refractivity contribution in [2.45, 2.75) is 52.5 Å². The van der Waals surface area contributed by atoms with Crippen LogP contribution in [0.5, 0.6) is 0 Å². The molecule has 0 atom stereocenters. The fraction of sp³-hybridized carbons (Fsp3) is 0.519. The maximum atomic E-state index is 13.2. The van der Waals surface area contributed by atoms with E-state index in [2.05, 4.69) is 63.5 Å². The third-order valence-corrected chi connectivity index (χ3v) is 7.07. The summed E-state index contributed by atoms with van der Waals surface area (Å²) in [5, 5.41) is 0. The number of ketones is 1. The van der Waals surface area contributed by atoms with E-state index in [0.717, 1.165) is 87.4 Å². The third-order valence-electron chi connectivity index (χ3n) is 7.07. The van der Waals surface area contributed by atoms with E-state index in [0.29, 0.717) is 12.3 Å². The van der Waals surface area contributed by atoms with Gasteiger partial charge in [-0.2, -0.15) is 0 Å². The molecular weight excluding hydrogens is 410 g/mol. The van der Waals surface area contributed by atoms with Gasteiger partial charge in [0.15, 0.2) is 11.6 Å². The number of carbonyl (C=O) groups excluding carboxylic acids is 1.